The molecule has 1 aliphatic rings. The maximum absolute atomic E-state index is 12.7. The van der Waals surface area contributed by atoms with E-state index in [1.165, 1.54) is 6.07 Å². The molecule has 2 aromatic rings. The Bertz CT molecular complexity index is 925. The number of nitriles is 1. The molecule has 0 saturated heterocycles. The van der Waals surface area contributed by atoms with Gasteiger partial charge in [-0.1, -0.05) is 29.8 Å². The molecule has 2 aromatic carbocycles. The van der Waals surface area contributed by atoms with Crippen LogP contribution in [0.15, 0.2) is 47.4 Å². The van der Waals surface area contributed by atoms with Crippen molar-refractivity contribution < 1.29 is 13.5 Å². The SMILES string of the molecule is N#Cc1ccc(-c2ccc(S(=O)(=O)CC3CCC(O)CC3)cc2Cl)cc1. The molecule has 136 valence electrons. The molecule has 0 atom stereocenters. The van der Waals surface area contributed by atoms with Crippen LogP contribution in [0.3, 0.4) is 0 Å². The number of aliphatic hydroxyl groups excluding tert-OH is 1. The first-order valence-corrected chi connectivity index (χ1v) is 10.6. The van der Waals surface area contributed by atoms with Crippen molar-refractivity contribution in [2.24, 2.45) is 5.92 Å². The number of aliphatic hydroxyl groups is 1. The lowest BCUT2D eigenvalue weighted by molar-refractivity contribution is 0.113. The van der Waals surface area contributed by atoms with Crippen LogP contribution in [0.4, 0.5) is 0 Å². The van der Waals surface area contributed by atoms with Crippen LogP contribution in [0.1, 0.15) is 31.2 Å². The Morgan fingerprint density at radius 2 is 1.73 bits per heavy atom. The minimum atomic E-state index is -3.42. The maximum Gasteiger partial charge on any atom is 0.178 e. The van der Waals surface area contributed by atoms with E-state index in [0.717, 1.165) is 24.0 Å². The molecule has 26 heavy (non-hydrogen) atoms. The molecule has 0 radical (unpaired) electrons. The summed E-state index contributed by atoms with van der Waals surface area (Å²) in [5.41, 5.74) is 2.12. The van der Waals surface area contributed by atoms with Gasteiger partial charge >= 0.3 is 0 Å². The van der Waals surface area contributed by atoms with Gasteiger partial charge in [-0.25, -0.2) is 8.42 Å². The molecule has 1 aliphatic carbocycles. The number of sulfone groups is 1. The third-order valence-corrected chi connectivity index (χ3v) is 7.09. The van der Waals surface area contributed by atoms with Crippen LogP contribution in [0.25, 0.3) is 11.1 Å². The number of rotatable bonds is 4. The van der Waals surface area contributed by atoms with Gasteiger partial charge < -0.3 is 5.11 Å². The van der Waals surface area contributed by atoms with Gasteiger partial charge in [0.25, 0.3) is 0 Å². The van der Waals surface area contributed by atoms with Gasteiger partial charge in [0.1, 0.15) is 0 Å². The lowest BCUT2D eigenvalue weighted by Gasteiger charge is -2.25. The highest BCUT2D eigenvalue weighted by Gasteiger charge is 2.26. The average Bonchev–Trinajstić information content (AvgIpc) is 2.63. The summed E-state index contributed by atoms with van der Waals surface area (Å²) < 4.78 is 25.4. The molecule has 0 spiro atoms. The fourth-order valence-electron chi connectivity index (χ4n) is 3.37. The normalized spacial score (nSPS) is 20.5. The summed E-state index contributed by atoms with van der Waals surface area (Å²) >= 11 is 6.34. The maximum atomic E-state index is 12.7. The zero-order valence-electron chi connectivity index (χ0n) is 14.2. The third kappa shape index (κ3) is 4.27. The molecule has 0 heterocycles. The highest BCUT2D eigenvalue weighted by molar-refractivity contribution is 7.91. The summed E-state index contributed by atoms with van der Waals surface area (Å²) in [6, 6.07) is 13.9. The molecule has 0 amide bonds. The summed E-state index contributed by atoms with van der Waals surface area (Å²) in [6.07, 6.45) is 2.50. The van der Waals surface area contributed by atoms with Crippen LogP contribution >= 0.6 is 11.6 Å². The Balaban J connectivity index is 1.80. The topological polar surface area (TPSA) is 78.2 Å². The Morgan fingerprint density at radius 1 is 1.08 bits per heavy atom. The van der Waals surface area contributed by atoms with Crippen molar-refractivity contribution in [3.05, 3.63) is 53.1 Å². The van der Waals surface area contributed by atoms with E-state index in [-0.39, 0.29) is 22.7 Å². The van der Waals surface area contributed by atoms with Crippen molar-refractivity contribution in [2.45, 2.75) is 36.7 Å². The predicted octanol–water partition coefficient (Wildman–Crippen LogP) is 4.20. The predicted molar refractivity (Wildman–Crippen MR) is 102 cm³/mol. The summed E-state index contributed by atoms with van der Waals surface area (Å²) in [4.78, 5) is 0.228. The van der Waals surface area contributed by atoms with Gasteiger partial charge in [0.05, 0.1) is 28.4 Å². The molecule has 0 unspecified atom stereocenters. The van der Waals surface area contributed by atoms with Crippen LogP contribution in [0, 0.1) is 17.2 Å². The van der Waals surface area contributed by atoms with Gasteiger partial charge in [0.2, 0.25) is 0 Å². The number of benzene rings is 2. The molecule has 0 aliphatic heterocycles. The van der Waals surface area contributed by atoms with E-state index in [2.05, 4.69) is 6.07 Å². The van der Waals surface area contributed by atoms with E-state index in [9.17, 15) is 13.5 Å². The van der Waals surface area contributed by atoms with Crippen molar-refractivity contribution in [3.63, 3.8) is 0 Å². The van der Waals surface area contributed by atoms with Gasteiger partial charge in [0, 0.05) is 10.6 Å². The highest BCUT2D eigenvalue weighted by Crippen LogP contribution is 2.32. The van der Waals surface area contributed by atoms with Crippen LogP contribution < -0.4 is 0 Å². The zero-order chi connectivity index (χ0) is 18.7. The van der Waals surface area contributed by atoms with Crippen molar-refractivity contribution >= 4 is 21.4 Å². The van der Waals surface area contributed by atoms with Crippen LogP contribution in [-0.2, 0) is 9.84 Å². The molecule has 0 bridgehead atoms. The minimum absolute atomic E-state index is 0.0837. The summed E-state index contributed by atoms with van der Waals surface area (Å²) in [5.74, 6) is 0.173. The summed E-state index contributed by atoms with van der Waals surface area (Å²) in [5, 5.41) is 18.8. The first-order chi connectivity index (χ1) is 12.4. The van der Waals surface area contributed by atoms with E-state index in [1.807, 2.05) is 0 Å². The second kappa shape index (κ2) is 7.79. The van der Waals surface area contributed by atoms with E-state index >= 15 is 0 Å². The Hall–Kier alpha value is -1.87. The van der Waals surface area contributed by atoms with Gasteiger partial charge in [0.15, 0.2) is 9.84 Å². The highest BCUT2D eigenvalue weighted by atomic mass is 35.5. The largest absolute Gasteiger partial charge is 0.393 e. The molecule has 3 rings (SSSR count). The number of hydrogen-bond acceptors (Lipinski definition) is 4. The Morgan fingerprint density at radius 3 is 2.31 bits per heavy atom. The molecular formula is C20H20ClNO3S. The fourth-order valence-corrected chi connectivity index (χ4v) is 5.44. The minimum Gasteiger partial charge on any atom is -0.393 e. The Kier molecular flexibility index (Phi) is 5.67. The van der Waals surface area contributed by atoms with Crippen molar-refractivity contribution in [2.75, 3.05) is 5.75 Å². The first kappa shape index (κ1) is 18.9. The van der Waals surface area contributed by atoms with Crippen LogP contribution in [0.2, 0.25) is 5.02 Å². The smallest absolute Gasteiger partial charge is 0.178 e. The van der Waals surface area contributed by atoms with E-state index in [4.69, 9.17) is 16.9 Å². The second-order valence-corrected chi connectivity index (χ2v) is 9.23. The lowest BCUT2D eigenvalue weighted by atomic mass is 9.89. The van der Waals surface area contributed by atoms with Gasteiger partial charge in [-0.05, 0) is 61.4 Å². The average molecular weight is 390 g/mol. The molecule has 1 saturated carbocycles. The number of halogens is 1. The van der Waals surface area contributed by atoms with E-state index in [1.54, 1.807) is 36.4 Å². The number of hydrogen-bond donors (Lipinski definition) is 1. The van der Waals surface area contributed by atoms with Crippen LogP contribution in [0.5, 0.6) is 0 Å². The quantitative estimate of drug-likeness (QED) is 0.849. The van der Waals surface area contributed by atoms with E-state index in [0.29, 0.717) is 23.4 Å². The second-order valence-electron chi connectivity index (χ2n) is 6.79. The molecule has 0 aromatic heterocycles. The summed E-state index contributed by atoms with van der Waals surface area (Å²) in [6.45, 7) is 0. The standard InChI is InChI=1S/C20H20ClNO3S/c21-20-11-18(26(24,25)13-15-3-7-17(23)8-4-15)9-10-19(20)16-5-1-14(12-22)2-6-16/h1-2,5-6,9-11,15,17,23H,3-4,7-8,13H2. The molecule has 4 nitrogen and oxygen atoms in total. The fraction of sp³-hybridized carbons (Fsp3) is 0.350. The van der Waals surface area contributed by atoms with Crippen LogP contribution in [-0.4, -0.2) is 25.4 Å². The van der Waals surface area contributed by atoms with Gasteiger partial charge in [-0.2, -0.15) is 5.26 Å². The zero-order valence-corrected chi connectivity index (χ0v) is 15.8. The molecule has 6 heteroatoms. The van der Waals surface area contributed by atoms with Crippen molar-refractivity contribution in [1.82, 2.24) is 0 Å². The first-order valence-electron chi connectivity index (χ1n) is 8.60. The van der Waals surface area contributed by atoms with Gasteiger partial charge in [-0.3, -0.25) is 0 Å². The van der Waals surface area contributed by atoms with Crippen molar-refractivity contribution in [3.8, 4) is 17.2 Å². The molecule has 1 N–H and O–H groups in total. The molecular weight excluding hydrogens is 370 g/mol. The summed E-state index contributed by atoms with van der Waals surface area (Å²) in [7, 11) is -3.42. The van der Waals surface area contributed by atoms with Crippen molar-refractivity contribution in [1.29, 1.82) is 5.26 Å². The number of nitrogens with zero attached hydrogens (tertiary/aromatic N) is 1. The van der Waals surface area contributed by atoms with Gasteiger partial charge in [-0.15, -0.1) is 0 Å². The third-order valence-electron chi connectivity index (χ3n) is 4.90. The Labute approximate surface area is 159 Å². The molecule has 1 fully saturated rings. The monoisotopic (exact) mass is 389 g/mol. The van der Waals surface area contributed by atoms with E-state index < -0.39 is 9.84 Å². The lowest BCUT2D eigenvalue weighted by Crippen LogP contribution is -2.24.